The predicted molar refractivity (Wildman–Crippen MR) is 150 cm³/mol. The molecule has 1 fully saturated rings. The molecule has 1 aliphatic rings. The lowest BCUT2D eigenvalue weighted by Gasteiger charge is -2.29. The summed E-state index contributed by atoms with van der Waals surface area (Å²) in [4.78, 5) is 20.7. The average molecular weight is 578 g/mol. The Morgan fingerprint density at radius 1 is 1.18 bits per heavy atom. The van der Waals surface area contributed by atoms with Gasteiger partial charge in [-0.3, -0.25) is 4.79 Å². The molecule has 0 unspecified atom stereocenters. The summed E-state index contributed by atoms with van der Waals surface area (Å²) in [7, 11) is 0. The minimum Gasteiger partial charge on any atom is -0.492 e. The number of para-hydroxylation sites is 1. The van der Waals surface area contributed by atoms with E-state index in [0.29, 0.717) is 67.7 Å². The molecule has 3 N–H and O–H groups in total. The molecule has 1 aromatic heterocycles. The van der Waals surface area contributed by atoms with Crippen molar-refractivity contribution < 1.29 is 27.4 Å². The molecule has 216 valence electrons. The van der Waals surface area contributed by atoms with E-state index in [9.17, 15) is 18.0 Å². The Labute approximate surface area is 235 Å². The number of aromatic nitrogens is 1. The third-order valence-electron chi connectivity index (χ3n) is 6.67. The largest absolute Gasteiger partial charge is 0.492 e. The van der Waals surface area contributed by atoms with Crippen molar-refractivity contribution in [2.75, 3.05) is 57.4 Å². The van der Waals surface area contributed by atoms with Gasteiger partial charge in [-0.05, 0) is 42.9 Å². The second-order valence-corrected chi connectivity index (χ2v) is 10.2. The van der Waals surface area contributed by atoms with Gasteiger partial charge in [0.2, 0.25) is 0 Å². The number of benzene rings is 2. The van der Waals surface area contributed by atoms with E-state index < -0.39 is 28.8 Å². The summed E-state index contributed by atoms with van der Waals surface area (Å²) in [5, 5.41) is 2.56. The molecule has 1 atom stereocenters. The average Bonchev–Trinajstić information content (AvgIpc) is 3.43. The summed E-state index contributed by atoms with van der Waals surface area (Å²) in [6, 6.07) is 14.0. The van der Waals surface area contributed by atoms with Crippen molar-refractivity contribution in [1.82, 2.24) is 15.2 Å². The van der Waals surface area contributed by atoms with E-state index in [4.69, 9.17) is 15.2 Å². The van der Waals surface area contributed by atoms with Crippen molar-refractivity contribution in [1.29, 1.82) is 0 Å². The van der Waals surface area contributed by atoms with Crippen molar-refractivity contribution >= 4 is 22.9 Å². The highest BCUT2D eigenvalue weighted by Crippen LogP contribution is 2.40. The molecule has 2 heterocycles. The van der Waals surface area contributed by atoms with E-state index in [1.807, 2.05) is 26.0 Å². The number of morpholine rings is 1. The Balaban J connectivity index is 1.55. The van der Waals surface area contributed by atoms with Gasteiger partial charge in [0.15, 0.2) is 5.69 Å². The van der Waals surface area contributed by atoms with E-state index in [2.05, 4.69) is 20.1 Å². The van der Waals surface area contributed by atoms with Crippen molar-refractivity contribution in [2.24, 2.45) is 5.73 Å². The van der Waals surface area contributed by atoms with Crippen LogP contribution in [0.25, 0.3) is 10.6 Å². The normalized spacial score (nSPS) is 14.8. The maximum Gasteiger partial charge on any atom is 0.435 e. The van der Waals surface area contributed by atoms with Crippen LogP contribution >= 0.6 is 11.3 Å². The van der Waals surface area contributed by atoms with Crippen molar-refractivity contribution in [2.45, 2.75) is 26.2 Å². The summed E-state index contributed by atoms with van der Waals surface area (Å²) in [6.45, 7) is 9.48. The molecule has 2 aromatic carbocycles. The van der Waals surface area contributed by atoms with Crippen molar-refractivity contribution in [3.05, 3.63) is 64.7 Å². The fourth-order valence-corrected chi connectivity index (χ4v) is 5.42. The lowest BCUT2D eigenvalue weighted by atomic mass is 10.1. The van der Waals surface area contributed by atoms with Gasteiger partial charge in [-0.2, -0.15) is 13.2 Å². The Kier molecular flexibility index (Phi) is 10.0. The Morgan fingerprint density at radius 2 is 1.90 bits per heavy atom. The van der Waals surface area contributed by atoms with Crippen LogP contribution in [0.5, 0.6) is 5.75 Å². The molecular weight excluding hydrogens is 543 g/mol. The number of ether oxygens (including phenoxy) is 2. The number of alkyl halides is 3. The molecule has 0 radical (unpaired) electrons. The molecule has 40 heavy (non-hydrogen) atoms. The second-order valence-electron chi connectivity index (χ2n) is 9.21. The first kappa shape index (κ1) is 29.8. The Bertz CT molecular complexity index is 1280. The van der Waals surface area contributed by atoms with Crippen molar-refractivity contribution in [3.8, 4) is 16.3 Å². The number of likely N-dealkylation sites (N-methyl/N-ethyl adjacent to an activating group) is 1. The number of anilines is 1. The van der Waals surface area contributed by atoms with E-state index in [1.165, 1.54) is 0 Å². The number of nitrogens with two attached hydrogens (primary N) is 1. The number of nitrogens with one attached hydrogen (secondary N) is 1. The van der Waals surface area contributed by atoms with Gasteiger partial charge in [-0.25, -0.2) is 4.98 Å². The number of thiazole rings is 1. The second kappa shape index (κ2) is 13.4. The molecule has 0 bridgehead atoms. The van der Waals surface area contributed by atoms with Gasteiger partial charge in [0, 0.05) is 25.3 Å². The minimum absolute atomic E-state index is 0.0406. The molecule has 0 aliphatic carbocycles. The molecule has 8 nitrogen and oxygen atoms in total. The summed E-state index contributed by atoms with van der Waals surface area (Å²) < 4.78 is 53.3. The molecular formula is C28H34F3N5O3S. The number of carbonyl (C=O) groups is 1. The van der Waals surface area contributed by atoms with Crippen LogP contribution < -0.4 is 20.7 Å². The van der Waals surface area contributed by atoms with Crippen molar-refractivity contribution in [3.63, 3.8) is 0 Å². The lowest BCUT2D eigenvalue weighted by molar-refractivity contribution is -0.141. The number of rotatable bonds is 11. The highest BCUT2D eigenvalue weighted by molar-refractivity contribution is 7.17. The Hall–Kier alpha value is -3.19. The zero-order valence-corrected chi connectivity index (χ0v) is 23.4. The van der Waals surface area contributed by atoms with Crippen LogP contribution in [-0.2, 0) is 10.9 Å². The first-order valence-electron chi connectivity index (χ1n) is 13.2. The molecule has 1 saturated heterocycles. The van der Waals surface area contributed by atoms with Gasteiger partial charge in [0.05, 0.1) is 18.8 Å². The topological polar surface area (TPSA) is 93.0 Å². The number of halogens is 3. The smallest absolute Gasteiger partial charge is 0.435 e. The maximum atomic E-state index is 14.0. The number of hydrogen-bond donors (Lipinski definition) is 2. The monoisotopic (exact) mass is 577 g/mol. The Morgan fingerprint density at radius 3 is 2.60 bits per heavy atom. The first-order valence-corrected chi connectivity index (χ1v) is 14.0. The lowest BCUT2D eigenvalue weighted by Crippen LogP contribution is -2.37. The van der Waals surface area contributed by atoms with E-state index in [-0.39, 0.29) is 5.01 Å². The summed E-state index contributed by atoms with van der Waals surface area (Å²) in [5.74, 6) is -0.541. The molecule has 0 saturated carbocycles. The number of carbonyl (C=O) groups excluding carboxylic acids is 1. The van der Waals surface area contributed by atoms with Crippen LogP contribution in [0.15, 0.2) is 48.5 Å². The van der Waals surface area contributed by atoms with Gasteiger partial charge >= 0.3 is 6.18 Å². The van der Waals surface area contributed by atoms with Gasteiger partial charge in [0.25, 0.3) is 5.91 Å². The predicted octanol–water partition coefficient (Wildman–Crippen LogP) is 4.77. The van der Waals surface area contributed by atoms with Gasteiger partial charge in [-0.1, -0.05) is 38.1 Å². The SMILES string of the molecule is CCN(CC)CCOc1ccccc1-c1nc(C(F)(F)F)c(C(=O)N[C@@H](N)c2cccc(N3CCOCC3)c2)s1. The molecule has 3 aromatic rings. The van der Waals surface area contributed by atoms with E-state index in [1.54, 1.807) is 36.4 Å². The van der Waals surface area contributed by atoms with Gasteiger partial charge < -0.3 is 30.3 Å². The van der Waals surface area contributed by atoms with Gasteiger partial charge in [-0.15, -0.1) is 11.3 Å². The fourth-order valence-electron chi connectivity index (χ4n) is 4.40. The highest BCUT2D eigenvalue weighted by Gasteiger charge is 2.40. The molecule has 12 heteroatoms. The maximum absolute atomic E-state index is 14.0. The van der Waals surface area contributed by atoms with Crippen LogP contribution in [0.1, 0.15) is 40.9 Å². The van der Waals surface area contributed by atoms with Crippen LogP contribution in [0.3, 0.4) is 0 Å². The number of hydrogen-bond acceptors (Lipinski definition) is 8. The van der Waals surface area contributed by atoms with Gasteiger partial charge in [0.1, 0.15) is 28.4 Å². The van der Waals surface area contributed by atoms with Crippen LogP contribution in [0, 0.1) is 0 Å². The zero-order valence-electron chi connectivity index (χ0n) is 22.5. The summed E-state index contributed by atoms with van der Waals surface area (Å²) >= 11 is 0.662. The summed E-state index contributed by atoms with van der Waals surface area (Å²) in [5.41, 5.74) is 6.85. The number of amides is 1. The molecule has 4 rings (SSSR count). The third kappa shape index (κ3) is 7.30. The number of nitrogens with zero attached hydrogens (tertiary/aromatic N) is 3. The molecule has 0 spiro atoms. The van der Waals surface area contributed by atoms with Crippen LogP contribution in [0.4, 0.5) is 18.9 Å². The standard InChI is InChI=1S/C28H34F3N5O3S/c1-3-35(4-2)12-17-39-22-11-6-5-10-21(22)27-33-24(28(29,30)31)23(40-27)26(37)34-25(32)19-8-7-9-20(18-19)36-13-15-38-16-14-36/h5-11,18,25H,3-4,12-17,32H2,1-2H3,(H,34,37)/t25-/m1/s1. The minimum atomic E-state index is -4.83. The molecule has 1 amide bonds. The van der Waals surface area contributed by atoms with E-state index >= 15 is 0 Å². The first-order chi connectivity index (χ1) is 19.2. The van der Waals surface area contributed by atoms with E-state index in [0.717, 1.165) is 18.8 Å². The zero-order chi connectivity index (χ0) is 28.7. The van der Waals surface area contributed by atoms with Crippen LogP contribution in [-0.4, -0.2) is 68.3 Å². The highest BCUT2D eigenvalue weighted by atomic mass is 32.1. The quantitative estimate of drug-likeness (QED) is 0.317. The summed E-state index contributed by atoms with van der Waals surface area (Å²) in [6.07, 6.45) is -5.85. The third-order valence-corrected chi connectivity index (χ3v) is 7.76. The molecule has 1 aliphatic heterocycles. The van der Waals surface area contributed by atoms with Crippen LogP contribution in [0.2, 0.25) is 0 Å². The fraction of sp³-hybridized carbons (Fsp3) is 0.429.